The molecule has 0 aliphatic heterocycles. The standard InChI is InChI=1S/C15H18ClFN2O/c1-10(16)15-18-14-12(17)3-2-4-13(14)19(15)7-8-20-9-11-5-6-11/h2-4,10-11H,5-9H2,1H3. The van der Waals surface area contributed by atoms with Crippen molar-refractivity contribution in [3.63, 3.8) is 0 Å². The first-order valence-electron chi connectivity index (χ1n) is 7.03. The Hall–Kier alpha value is -1.13. The number of nitrogens with zero attached hydrogens (tertiary/aromatic N) is 2. The average Bonchev–Trinajstić information content (AvgIpc) is 3.15. The lowest BCUT2D eigenvalue weighted by Gasteiger charge is -2.10. The molecule has 3 rings (SSSR count). The van der Waals surface area contributed by atoms with E-state index in [0.717, 1.165) is 18.0 Å². The molecule has 0 radical (unpaired) electrons. The molecule has 0 bridgehead atoms. The normalized spacial score (nSPS) is 16.8. The Balaban J connectivity index is 1.82. The zero-order valence-electron chi connectivity index (χ0n) is 11.5. The van der Waals surface area contributed by atoms with Gasteiger partial charge in [0.1, 0.15) is 11.3 Å². The van der Waals surface area contributed by atoms with Crippen LogP contribution in [0.4, 0.5) is 4.39 Å². The number of imidazole rings is 1. The van der Waals surface area contributed by atoms with E-state index in [1.165, 1.54) is 18.9 Å². The Morgan fingerprint density at radius 2 is 2.30 bits per heavy atom. The highest BCUT2D eigenvalue weighted by Crippen LogP contribution is 2.29. The highest BCUT2D eigenvalue weighted by atomic mass is 35.5. The molecule has 1 saturated carbocycles. The van der Waals surface area contributed by atoms with E-state index in [-0.39, 0.29) is 11.2 Å². The summed E-state index contributed by atoms with van der Waals surface area (Å²) in [4.78, 5) is 4.34. The maximum Gasteiger partial charge on any atom is 0.151 e. The monoisotopic (exact) mass is 296 g/mol. The first kappa shape index (κ1) is 13.8. The number of hydrogen-bond acceptors (Lipinski definition) is 2. The largest absolute Gasteiger partial charge is 0.379 e. The Bertz CT molecular complexity index is 607. The van der Waals surface area contributed by atoms with Gasteiger partial charge in [-0.2, -0.15) is 0 Å². The molecule has 5 heteroatoms. The molecule has 1 atom stereocenters. The van der Waals surface area contributed by atoms with Crippen molar-refractivity contribution >= 4 is 22.6 Å². The summed E-state index contributed by atoms with van der Waals surface area (Å²) in [6.07, 6.45) is 2.56. The van der Waals surface area contributed by atoms with Crippen molar-refractivity contribution in [1.29, 1.82) is 0 Å². The fourth-order valence-corrected chi connectivity index (χ4v) is 2.53. The molecule has 1 aliphatic carbocycles. The topological polar surface area (TPSA) is 27.1 Å². The molecule has 1 unspecified atom stereocenters. The predicted octanol–water partition coefficient (Wildman–Crippen LogP) is 3.90. The molecule has 0 spiro atoms. The molecule has 3 nitrogen and oxygen atoms in total. The van der Waals surface area contributed by atoms with E-state index >= 15 is 0 Å². The molecule has 108 valence electrons. The molecule has 1 aromatic heterocycles. The lowest BCUT2D eigenvalue weighted by molar-refractivity contribution is 0.117. The van der Waals surface area contributed by atoms with Crippen LogP contribution >= 0.6 is 11.6 Å². The number of halogens is 2. The first-order valence-corrected chi connectivity index (χ1v) is 7.47. The van der Waals surface area contributed by atoms with Crippen molar-refractivity contribution in [2.45, 2.75) is 31.7 Å². The smallest absolute Gasteiger partial charge is 0.151 e. The second kappa shape index (κ2) is 5.70. The third-order valence-corrected chi connectivity index (χ3v) is 3.82. The molecular formula is C15H18ClFN2O. The van der Waals surface area contributed by atoms with E-state index in [0.29, 0.717) is 24.5 Å². The summed E-state index contributed by atoms with van der Waals surface area (Å²) in [6, 6.07) is 4.99. The third kappa shape index (κ3) is 2.81. The van der Waals surface area contributed by atoms with Crippen molar-refractivity contribution in [3.05, 3.63) is 29.8 Å². The number of hydrogen-bond donors (Lipinski definition) is 0. The summed E-state index contributed by atoms with van der Waals surface area (Å²) < 4.78 is 21.4. The van der Waals surface area contributed by atoms with Crippen LogP contribution in [0.3, 0.4) is 0 Å². The summed E-state index contributed by atoms with van der Waals surface area (Å²) in [6.45, 7) is 3.93. The number of rotatable bonds is 6. The molecule has 0 N–H and O–H groups in total. The quantitative estimate of drug-likeness (QED) is 0.597. The molecule has 2 aromatic rings. The minimum atomic E-state index is -0.307. The highest BCUT2D eigenvalue weighted by Gasteiger charge is 2.21. The Morgan fingerprint density at radius 1 is 1.50 bits per heavy atom. The Labute approximate surface area is 122 Å². The van der Waals surface area contributed by atoms with Crippen LogP contribution in [0, 0.1) is 11.7 Å². The number of benzene rings is 1. The number of alkyl halides is 1. The molecular weight excluding hydrogens is 279 g/mol. The second-order valence-electron chi connectivity index (χ2n) is 5.36. The van der Waals surface area contributed by atoms with E-state index in [1.807, 2.05) is 17.6 Å². The zero-order chi connectivity index (χ0) is 14.1. The molecule has 20 heavy (non-hydrogen) atoms. The van der Waals surface area contributed by atoms with Crippen LogP contribution in [0.25, 0.3) is 11.0 Å². The van der Waals surface area contributed by atoms with Gasteiger partial charge in [-0.3, -0.25) is 0 Å². The third-order valence-electron chi connectivity index (χ3n) is 3.62. The van der Waals surface area contributed by atoms with E-state index in [1.54, 1.807) is 6.07 Å². The SMILES string of the molecule is CC(Cl)c1nc2c(F)cccc2n1CCOCC1CC1. The summed E-state index contributed by atoms with van der Waals surface area (Å²) in [5.74, 6) is 1.14. The van der Waals surface area contributed by atoms with E-state index in [9.17, 15) is 4.39 Å². The van der Waals surface area contributed by atoms with Crippen molar-refractivity contribution in [3.8, 4) is 0 Å². The van der Waals surface area contributed by atoms with Crippen LogP contribution in [0.2, 0.25) is 0 Å². The maximum atomic E-state index is 13.8. The zero-order valence-corrected chi connectivity index (χ0v) is 12.2. The number of aromatic nitrogens is 2. The molecule has 1 aliphatic rings. The van der Waals surface area contributed by atoms with Crippen LogP contribution in [0.15, 0.2) is 18.2 Å². The lowest BCUT2D eigenvalue weighted by Crippen LogP contribution is -2.11. The Morgan fingerprint density at radius 3 is 3.00 bits per heavy atom. The minimum Gasteiger partial charge on any atom is -0.379 e. The summed E-state index contributed by atoms with van der Waals surface area (Å²) in [5, 5.41) is -0.259. The van der Waals surface area contributed by atoms with Crippen molar-refractivity contribution < 1.29 is 9.13 Å². The Kier molecular flexibility index (Phi) is 3.94. The van der Waals surface area contributed by atoms with Crippen LogP contribution in [-0.4, -0.2) is 22.8 Å². The van der Waals surface area contributed by atoms with Gasteiger partial charge >= 0.3 is 0 Å². The van der Waals surface area contributed by atoms with E-state index in [4.69, 9.17) is 16.3 Å². The number of fused-ring (bicyclic) bond motifs is 1. The average molecular weight is 297 g/mol. The van der Waals surface area contributed by atoms with Gasteiger partial charge in [-0.1, -0.05) is 6.07 Å². The predicted molar refractivity (Wildman–Crippen MR) is 77.5 cm³/mol. The number of para-hydroxylation sites is 1. The van der Waals surface area contributed by atoms with Gasteiger partial charge in [0, 0.05) is 13.2 Å². The van der Waals surface area contributed by atoms with E-state index in [2.05, 4.69) is 4.98 Å². The van der Waals surface area contributed by atoms with Crippen LogP contribution in [-0.2, 0) is 11.3 Å². The molecule has 0 saturated heterocycles. The summed E-state index contributed by atoms with van der Waals surface area (Å²) in [5.41, 5.74) is 1.17. The highest BCUT2D eigenvalue weighted by molar-refractivity contribution is 6.20. The second-order valence-corrected chi connectivity index (χ2v) is 6.02. The van der Waals surface area contributed by atoms with Gasteiger partial charge in [-0.25, -0.2) is 9.37 Å². The maximum absolute atomic E-state index is 13.8. The van der Waals surface area contributed by atoms with Crippen LogP contribution in [0.5, 0.6) is 0 Å². The lowest BCUT2D eigenvalue weighted by atomic mass is 10.3. The first-order chi connectivity index (χ1) is 9.66. The van der Waals surface area contributed by atoms with Crippen molar-refractivity contribution in [2.75, 3.05) is 13.2 Å². The van der Waals surface area contributed by atoms with Gasteiger partial charge < -0.3 is 9.30 Å². The molecule has 1 heterocycles. The van der Waals surface area contributed by atoms with Crippen LogP contribution < -0.4 is 0 Å². The summed E-state index contributed by atoms with van der Waals surface area (Å²) >= 11 is 6.16. The fourth-order valence-electron chi connectivity index (χ4n) is 2.36. The molecule has 1 fully saturated rings. The van der Waals surface area contributed by atoms with Gasteiger partial charge in [-0.15, -0.1) is 11.6 Å². The van der Waals surface area contributed by atoms with Gasteiger partial charge in [0.2, 0.25) is 0 Å². The molecule has 1 aromatic carbocycles. The van der Waals surface area contributed by atoms with Gasteiger partial charge in [0.05, 0.1) is 17.5 Å². The summed E-state index contributed by atoms with van der Waals surface area (Å²) in [7, 11) is 0. The molecule has 0 amide bonds. The fraction of sp³-hybridized carbons (Fsp3) is 0.533. The van der Waals surface area contributed by atoms with Crippen molar-refractivity contribution in [2.24, 2.45) is 5.92 Å². The van der Waals surface area contributed by atoms with Gasteiger partial charge in [0.25, 0.3) is 0 Å². The van der Waals surface area contributed by atoms with Crippen LogP contribution in [0.1, 0.15) is 31.0 Å². The van der Waals surface area contributed by atoms with Gasteiger partial charge in [0.15, 0.2) is 5.82 Å². The number of ether oxygens (including phenoxy) is 1. The van der Waals surface area contributed by atoms with Gasteiger partial charge in [-0.05, 0) is 37.8 Å². The van der Waals surface area contributed by atoms with Crippen molar-refractivity contribution in [1.82, 2.24) is 9.55 Å². The van der Waals surface area contributed by atoms with E-state index < -0.39 is 0 Å². The minimum absolute atomic E-state index is 0.259.